The van der Waals surface area contributed by atoms with Crippen LogP contribution in [0, 0.1) is 6.92 Å². The van der Waals surface area contributed by atoms with Gasteiger partial charge in [0.2, 0.25) is 5.13 Å². The van der Waals surface area contributed by atoms with Crippen LogP contribution in [0.4, 0.5) is 5.13 Å². The first-order valence-electron chi connectivity index (χ1n) is 7.30. The minimum Gasteiger partial charge on any atom is -0.296 e. The molecule has 0 fully saturated rings. The molecule has 0 aliphatic rings. The minimum atomic E-state index is -0.307. The van der Waals surface area contributed by atoms with Crippen LogP contribution in [0.5, 0.6) is 0 Å². The van der Waals surface area contributed by atoms with Crippen LogP contribution in [-0.2, 0) is 5.75 Å². The SMILES string of the molecule is Cc1ccccc1CSc1nnc(NC(=O)c2cc(Br)ccc2Cl)s1. The average molecular weight is 455 g/mol. The van der Waals surface area contributed by atoms with Crippen molar-refractivity contribution < 1.29 is 4.79 Å². The lowest BCUT2D eigenvalue weighted by molar-refractivity contribution is 0.102. The summed E-state index contributed by atoms with van der Waals surface area (Å²) in [5.74, 6) is 0.505. The number of aryl methyl sites for hydroxylation is 1. The molecule has 0 aliphatic heterocycles. The van der Waals surface area contributed by atoms with Crippen LogP contribution >= 0.6 is 50.6 Å². The molecule has 0 spiro atoms. The highest BCUT2D eigenvalue weighted by Gasteiger charge is 2.14. The number of benzene rings is 2. The summed E-state index contributed by atoms with van der Waals surface area (Å²) in [4.78, 5) is 12.3. The third kappa shape index (κ3) is 4.82. The fraction of sp³-hybridized carbons (Fsp3) is 0.118. The molecular weight excluding hydrogens is 442 g/mol. The van der Waals surface area contributed by atoms with Crippen LogP contribution in [-0.4, -0.2) is 16.1 Å². The molecule has 0 atom stereocenters. The van der Waals surface area contributed by atoms with Gasteiger partial charge >= 0.3 is 0 Å². The monoisotopic (exact) mass is 453 g/mol. The van der Waals surface area contributed by atoms with Gasteiger partial charge in [0.25, 0.3) is 5.91 Å². The summed E-state index contributed by atoms with van der Waals surface area (Å²) in [6.45, 7) is 2.09. The highest BCUT2D eigenvalue weighted by Crippen LogP contribution is 2.30. The van der Waals surface area contributed by atoms with E-state index in [4.69, 9.17) is 11.6 Å². The van der Waals surface area contributed by atoms with Gasteiger partial charge in [-0.15, -0.1) is 10.2 Å². The first kappa shape index (κ1) is 18.4. The number of amides is 1. The van der Waals surface area contributed by atoms with E-state index in [-0.39, 0.29) is 5.91 Å². The van der Waals surface area contributed by atoms with Crippen molar-refractivity contribution in [1.29, 1.82) is 0 Å². The van der Waals surface area contributed by atoms with E-state index in [0.717, 1.165) is 14.6 Å². The summed E-state index contributed by atoms with van der Waals surface area (Å²) in [6, 6.07) is 13.4. The number of nitrogens with one attached hydrogen (secondary N) is 1. The van der Waals surface area contributed by atoms with Crippen molar-refractivity contribution in [2.24, 2.45) is 0 Å². The Bertz CT molecular complexity index is 916. The standard InChI is InChI=1S/C17H13BrClN3OS2/c1-10-4-2-3-5-11(10)9-24-17-22-21-16(25-17)20-15(23)13-8-12(18)6-7-14(13)19/h2-8H,9H2,1H3,(H,20,21,23). The Balaban J connectivity index is 1.64. The number of rotatable bonds is 5. The molecule has 2 aromatic carbocycles. The zero-order valence-corrected chi connectivity index (χ0v) is 17.1. The molecule has 0 radical (unpaired) electrons. The van der Waals surface area contributed by atoms with Crippen LogP contribution in [0.25, 0.3) is 0 Å². The number of thioether (sulfide) groups is 1. The third-order valence-corrected chi connectivity index (χ3v) is 6.26. The summed E-state index contributed by atoms with van der Waals surface area (Å²) in [7, 11) is 0. The number of carbonyl (C=O) groups is 1. The van der Waals surface area contributed by atoms with E-state index in [1.807, 2.05) is 12.1 Å². The van der Waals surface area contributed by atoms with Gasteiger partial charge in [-0.1, -0.05) is 74.9 Å². The number of anilines is 1. The lowest BCUT2D eigenvalue weighted by Crippen LogP contribution is -2.12. The number of aromatic nitrogens is 2. The van der Waals surface area contributed by atoms with E-state index in [1.54, 1.807) is 30.0 Å². The number of nitrogens with zero attached hydrogens (tertiary/aromatic N) is 2. The average Bonchev–Trinajstić information content (AvgIpc) is 3.03. The molecule has 25 heavy (non-hydrogen) atoms. The lowest BCUT2D eigenvalue weighted by Gasteiger charge is -2.04. The fourth-order valence-corrected chi connectivity index (χ4v) is 4.45. The number of hydrogen-bond acceptors (Lipinski definition) is 5. The maximum absolute atomic E-state index is 12.3. The second kappa shape index (κ2) is 8.31. The van der Waals surface area contributed by atoms with Gasteiger partial charge in [-0.3, -0.25) is 10.1 Å². The molecule has 0 unspecified atom stereocenters. The molecule has 8 heteroatoms. The van der Waals surface area contributed by atoms with E-state index in [0.29, 0.717) is 15.7 Å². The Morgan fingerprint density at radius 1 is 1.28 bits per heavy atom. The third-order valence-electron chi connectivity index (χ3n) is 3.41. The van der Waals surface area contributed by atoms with E-state index in [1.165, 1.54) is 22.5 Å². The molecule has 3 aromatic rings. The molecule has 128 valence electrons. The zero-order chi connectivity index (χ0) is 17.8. The summed E-state index contributed by atoms with van der Waals surface area (Å²) in [5, 5.41) is 11.7. The van der Waals surface area contributed by atoms with Gasteiger partial charge in [-0.25, -0.2) is 0 Å². The van der Waals surface area contributed by atoms with Crippen molar-refractivity contribution in [2.75, 3.05) is 5.32 Å². The predicted octanol–water partition coefficient (Wildman–Crippen LogP) is 5.81. The second-order valence-corrected chi connectivity index (χ2v) is 8.69. The van der Waals surface area contributed by atoms with Crippen LogP contribution in [0.15, 0.2) is 51.3 Å². The van der Waals surface area contributed by atoms with Crippen molar-refractivity contribution in [1.82, 2.24) is 10.2 Å². The molecule has 0 saturated carbocycles. The minimum absolute atomic E-state index is 0.307. The highest BCUT2D eigenvalue weighted by atomic mass is 79.9. The van der Waals surface area contributed by atoms with Gasteiger partial charge in [-0.2, -0.15) is 0 Å². The molecule has 1 amide bonds. The van der Waals surface area contributed by atoms with Gasteiger partial charge in [0, 0.05) is 10.2 Å². The summed E-state index contributed by atoms with van der Waals surface area (Å²) < 4.78 is 1.59. The Morgan fingerprint density at radius 3 is 2.88 bits per heavy atom. The maximum atomic E-state index is 12.3. The zero-order valence-electron chi connectivity index (χ0n) is 13.1. The van der Waals surface area contributed by atoms with Crippen molar-refractivity contribution in [3.05, 3.63) is 68.7 Å². The number of carbonyl (C=O) groups excluding carboxylic acids is 1. The quantitative estimate of drug-likeness (QED) is 0.390. The molecule has 1 aromatic heterocycles. The van der Waals surface area contributed by atoms with Crippen molar-refractivity contribution >= 4 is 61.7 Å². The van der Waals surface area contributed by atoms with Gasteiger partial charge < -0.3 is 0 Å². The topological polar surface area (TPSA) is 54.9 Å². The van der Waals surface area contributed by atoms with E-state index in [2.05, 4.69) is 50.5 Å². The van der Waals surface area contributed by atoms with Gasteiger partial charge in [-0.05, 0) is 36.2 Å². The van der Waals surface area contributed by atoms with Crippen LogP contribution in [0.2, 0.25) is 5.02 Å². The highest BCUT2D eigenvalue weighted by molar-refractivity contribution is 9.10. The van der Waals surface area contributed by atoms with Gasteiger partial charge in [0.15, 0.2) is 4.34 Å². The van der Waals surface area contributed by atoms with E-state index in [9.17, 15) is 4.79 Å². The van der Waals surface area contributed by atoms with Gasteiger partial charge in [0.05, 0.1) is 10.6 Å². The molecule has 0 saturated heterocycles. The lowest BCUT2D eigenvalue weighted by atomic mass is 10.1. The number of halogens is 2. The van der Waals surface area contributed by atoms with Crippen LogP contribution in [0.1, 0.15) is 21.5 Å². The fourth-order valence-electron chi connectivity index (χ4n) is 2.07. The van der Waals surface area contributed by atoms with E-state index >= 15 is 0 Å². The second-order valence-electron chi connectivity index (χ2n) is 5.17. The van der Waals surface area contributed by atoms with Crippen molar-refractivity contribution in [3.63, 3.8) is 0 Å². The Hall–Kier alpha value is -1.41. The van der Waals surface area contributed by atoms with E-state index < -0.39 is 0 Å². The molecule has 0 aliphatic carbocycles. The summed E-state index contributed by atoms with van der Waals surface area (Å²) in [5.41, 5.74) is 2.90. The predicted molar refractivity (Wildman–Crippen MR) is 108 cm³/mol. The van der Waals surface area contributed by atoms with Crippen LogP contribution < -0.4 is 5.32 Å². The summed E-state index contributed by atoms with van der Waals surface area (Å²) >= 11 is 12.4. The smallest absolute Gasteiger partial charge is 0.259 e. The Labute approximate surface area is 167 Å². The molecule has 4 nitrogen and oxygen atoms in total. The largest absolute Gasteiger partial charge is 0.296 e. The summed E-state index contributed by atoms with van der Waals surface area (Å²) in [6.07, 6.45) is 0. The van der Waals surface area contributed by atoms with Gasteiger partial charge in [0.1, 0.15) is 0 Å². The molecule has 1 N–H and O–H groups in total. The van der Waals surface area contributed by atoms with Crippen LogP contribution in [0.3, 0.4) is 0 Å². The Kier molecular flexibility index (Phi) is 6.11. The Morgan fingerprint density at radius 2 is 2.08 bits per heavy atom. The first-order chi connectivity index (χ1) is 12.0. The van der Waals surface area contributed by atoms with Crippen molar-refractivity contribution in [2.45, 2.75) is 17.0 Å². The maximum Gasteiger partial charge on any atom is 0.259 e. The first-order valence-corrected chi connectivity index (χ1v) is 10.3. The molecule has 1 heterocycles. The number of hydrogen-bond donors (Lipinski definition) is 1. The normalized spacial score (nSPS) is 10.7. The molecule has 0 bridgehead atoms. The van der Waals surface area contributed by atoms with Crippen molar-refractivity contribution in [3.8, 4) is 0 Å². The molecule has 3 rings (SSSR count). The molecular formula is C17H13BrClN3OS2.